The van der Waals surface area contributed by atoms with Crippen molar-refractivity contribution in [2.45, 2.75) is 52.3 Å². The third kappa shape index (κ3) is 6.21. The SMILES string of the molecule is C=C(C(C)C)C(C)N(C)C(=C)CCSC(C)C. The van der Waals surface area contributed by atoms with E-state index in [9.17, 15) is 0 Å². The Bertz CT molecular complexity index is 256. The summed E-state index contributed by atoms with van der Waals surface area (Å²) in [4.78, 5) is 2.27. The van der Waals surface area contributed by atoms with Crippen molar-refractivity contribution in [2.75, 3.05) is 12.8 Å². The van der Waals surface area contributed by atoms with Crippen LogP contribution in [-0.4, -0.2) is 29.0 Å². The molecule has 100 valence electrons. The third-order valence-corrected chi connectivity index (χ3v) is 4.31. The first-order valence-electron chi connectivity index (χ1n) is 6.48. The summed E-state index contributed by atoms with van der Waals surface area (Å²) in [6, 6.07) is 0.381. The van der Waals surface area contributed by atoms with Crippen LogP contribution in [0.2, 0.25) is 0 Å². The molecule has 0 rings (SSSR count). The fourth-order valence-corrected chi connectivity index (χ4v) is 2.42. The van der Waals surface area contributed by atoms with E-state index >= 15 is 0 Å². The molecule has 0 heterocycles. The minimum absolute atomic E-state index is 0.381. The smallest absolute Gasteiger partial charge is 0.0467 e. The summed E-state index contributed by atoms with van der Waals surface area (Å²) in [6.07, 6.45) is 1.06. The Kier molecular flexibility index (Phi) is 7.69. The molecular weight excluding hydrogens is 226 g/mol. The summed E-state index contributed by atoms with van der Waals surface area (Å²) in [5, 5.41) is 0.705. The summed E-state index contributed by atoms with van der Waals surface area (Å²) >= 11 is 1.99. The van der Waals surface area contributed by atoms with Gasteiger partial charge in [-0.1, -0.05) is 46.4 Å². The van der Waals surface area contributed by atoms with Crippen molar-refractivity contribution in [2.24, 2.45) is 5.92 Å². The lowest BCUT2D eigenvalue weighted by Gasteiger charge is -2.32. The highest BCUT2D eigenvalue weighted by molar-refractivity contribution is 7.99. The summed E-state index contributed by atoms with van der Waals surface area (Å²) in [7, 11) is 2.13. The van der Waals surface area contributed by atoms with Gasteiger partial charge < -0.3 is 4.90 Å². The van der Waals surface area contributed by atoms with Gasteiger partial charge in [0.05, 0.1) is 0 Å². The molecule has 0 bridgehead atoms. The molecule has 1 atom stereocenters. The Balaban J connectivity index is 4.16. The van der Waals surface area contributed by atoms with Crippen LogP contribution in [0.25, 0.3) is 0 Å². The summed E-state index contributed by atoms with van der Waals surface area (Å²) in [6.45, 7) is 19.4. The van der Waals surface area contributed by atoms with Crippen LogP contribution in [0.4, 0.5) is 0 Å². The average Bonchev–Trinajstić information content (AvgIpc) is 2.25. The van der Waals surface area contributed by atoms with Crippen molar-refractivity contribution in [3.05, 3.63) is 24.4 Å². The lowest BCUT2D eigenvalue weighted by molar-refractivity contribution is 0.337. The maximum atomic E-state index is 4.19. The van der Waals surface area contributed by atoms with E-state index < -0.39 is 0 Å². The molecule has 0 amide bonds. The quantitative estimate of drug-likeness (QED) is 0.585. The monoisotopic (exact) mass is 255 g/mol. The molecule has 17 heavy (non-hydrogen) atoms. The van der Waals surface area contributed by atoms with Crippen molar-refractivity contribution in [1.29, 1.82) is 0 Å². The summed E-state index contributed by atoms with van der Waals surface area (Å²) in [5.41, 5.74) is 2.50. The molecule has 0 N–H and O–H groups in total. The first-order chi connectivity index (χ1) is 7.77. The van der Waals surface area contributed by atoms with Gasteiger partial charge in [-0.15, -0.1) is 0 Å². The average molecular weight is 255 g/mol. The maximum absolute atomic E-state index is 4.19. The lowest BCUT2D eigenvalue weighted by Crippen LogP contribution is -2.31. The van der Waals surface area contributed by atoms with E-state index in [0.29, 0.717) is 17.2 Å². The predicted molar refractivity (Wildman–Crippen MR) is 82.6 cm³/mol. The molecule has 1 unspecified atom stereocenters. The van der Waals surface area contributed by atoms with E-state index in [1.54, 1.807) is 0 Å². The van der Waals surface area contributed by atoms with Gasteiger partial charge in [-0.05, 0) is 30.3 Å². The van der Waals surface area contributed by atoms with Crippen LogP contribution in [-0.2, 0) is 0 Å². The molecule has 0 aliphatic carbocycles. The van der Waals surface area contributed by atoms with E-state index in [4.69, 9.17) is 0 Å². The fraction of sp³-hybridized carbons (Fsp3) is 0.733. The molecule has 0 aliphatic rings. The maximum Gasteiger partial charge on any atom is 0.0467 e. The van der Waals surface area contributed by atoms with Gasteiger partial charge in [0.2, 0.25) is 0 Å². The van der Waals surface area contributed by atoms with Gasteiger partial charge in [0.25, 0.3) is 0 Å². The van der Waals surface area contributed by atoms with Crippen molar-refractivity contribution in [3.63, 3.8) is 0 Å². The van der Waals surface area contributed by atoms with Crippen molar-refractivity contribution < 1.29 is 0 Å². The highest BCUT2D eigenvalue weighted by Crippen LogP contribution is 2.21. The van der Waals surface area contributed by atoms with Gasteiger partial charge in [0.15, 0.2) is 0 Å². The Morgan fingerprint density at radius 3 is 2.06 bits per heavy atom. The van der Waals surface area contributed by atoms with Crippen LogP contribution in [0.15, 0.2) is 24.4 Å². The second-order valence-corrected chi connectivity index (χ2v) is 6.94. The van der Waals surface area contributed by atoms with Gasteiger partial charge in [-0.25, -0.2) is 0 Å². The predicted octanol–water partition coefficient (Wildman–Crippen LogP) is 4.56. The zero-order valence-corrected chi connectivity index (χ0v) is 13.2. The number of nitrogens with zero attached hydrogens (tertiary/aromatic N) is 1. The van der Waals surface area contributed by atoms with Gasteiger partial charge in [-0.2, -0.15) is 11.8 Å². The van der Waals surface area contributed by atoms with Gasteiger partial charge in [0.1, 0.15) is 0 Å². The van der Waals surface area contributed by atoms with Crippen LogP contribution in [0, 0.1) is 5.92 Å². The lowest BCUT2D eigenvalue weighted by atomic mass is 9.97. The molecule has 0 aliphatic heterocycles. The molecular formula is C15H29NS. The highest BCUT2D eigenvalue weighted by atomic mass is 32.2. The first-order valence-corrected chi connectivity index (χ1v) is 7.53. The third-order valence-electron chi connectivity index (χ3n) is 3.20. The highest BCUT2D eigenvalue weighted by Gasteiger charge is 2.16. The van der Waals surface area contributed by atoms with Gasteiger partial charge >= 0.3 is 0 Å². The van der Waals surface area contributed by atoms with Crippen LogP contribution >= 0.6 is 11.8 Å². The van der Waals surface area contributed by atoms with Crippen molar-refractivity contribution in [3.8, 4) is 0 Å². The Morgan fingerprint density at radius 2 is 1.65 bits per heavy atom. The second kappa shape index (κ2) is 7.86. The van der Waals surface area contributed by atoms with E-state index in [1.165, 1.54) is 11.3 Å². The molecule has 0 aromatic rings. The number of thioether (sulfide) groups is 1. The molecule has 0 saturated carbocycles. The summed E-state index contributed by atoms with van der Waals surface area (Å²) in [5.74, 6) is 1.69. The van der Waals surface area contributed by atoms with E-state index in [1.807, 2.05) is 11.8 Å². The molecule has 1 nitrogen and oxygen atoms in total. The number of hydrogen-bond donors (Lipinski definition) is 0. The molecule has 0 saturated heterocycles. The summed E-state index contributed by atoms with van der Waals surface area (Å²) < 4.78 is 0. The van der Waals surface area contributed by atoms with Gasteiger partial charge in [0, 0.05) is 18.8 Å². The number of hydrogen-bond acceptors (Lipinski definition) is 2. The second-order valence-electron chi connectivity index (χ2n) is 5.25. The van der Waals surface area contributed by atoms with E-state index in [-0.39, 0.29) is 0 Å². The number of rotatable bonds is 8. The molecule has 0 spiro atoms. The van der Waals surface area contributed by atoms with Gasteiger partial charge in [-0.3, -0.25) is 0 Å². The zero-order chi connectivity index (χ0) is 13.6. The minimum atomic E-state index is 0.381. The van der Waals surface area contributed by atoms with E-state index in [0.717, 1.165) is 12.2 Å². The Morgan fingerprint density at radius 1 is 1.12 bits per heavy atom. The number of allylic oxidation sites excluding steroid dienone is 1. The minimum Gasteiger partial charge on any atom is -0.372 e. The van der Waals surface area contributed by atoms with Crippen LogP contribution in [0.1, 0.15) is 41.0 Å². The largest absolute Gasteiger partial charge is 0.372 e. The van der Waals surface area contributed by atoms with Crippen molar-refractivity contribution in [1.82, 2.24) is 4.90 Å². The van der Waals surface area contributed by atoms with Crippen molar-refractivity contribution >= 4 is 11.8 Å². The van der Waals surface area contributed by atoms with E-state index in [2.05, 4.69) is 59.7 Å². The number of likely N-dealkylation sites (N-methyl/N-ethyl adjacent to an activating group) is 1. The zero-order valence-electron chi connectivity index (χ0n) is 12.4. The molecule has 0 aromatic heterocycles. The van der Waals surface area contributed by atoms with Crippen LogP contribution in [0.5, 0.6) is 0 Å². The Labute approximate surface area is 112 Å². The molecule has 0 aromatic carbocycles. The van der Waals surface area contributed by atoms with Crippen LogP contribution < -0.4 is 0 Å². The topological polar surface area (TPSA) is 3.24 Å². The molecule has 0 radical (unpaired) electrons. The molecule has 0 fully saturated rings. The fourth-order valence-electron chi connectivity index (χ4n) is 1.59. The normalized spacial score (nSPS) is 12.9. The molecule has 2 heteroatoms. The van der Waals surface area contributed by atoms with Crippen LogP contribution in [0.3, 0.4) is 0 Å². The Hall–Kier alpha value is -0.370. The standard InChI is InChI=1S/C15H29NS/c1-11(2)14(6)15(7)16(8)13(5)9-10-17-12(3)4/h11-12,15H,5-6,9-10H2,1-4,7-8H3. The first kappa shape index (κ1) is 16.6.